The molecule has 0 aliphatic carbocycles. The van der Waals surface area contributed by atoms with Crippen LogP contribution in [0.15, 0.2) is 18.2 Å². The molecule has 0 spiro atoms. The van der Waals surface area contributed by atoms with Gasteiger partial charge >= 0.3 is 5.97 Å². The van der Waals surface area contributed by atoms with E-state index >= 15 is 0 Å². The third kappa shape index (κ3) is 2.89. The number of hydrogen-bond donors (Lipinski definition) is 1. The van der Waals surface area contributed by atoms with E-state index in [4.69, 9.17) is 15.2 Å². The highest BCUT2D eigenvalue weighted by atomic mass is 16.6. The molecular weight excluding hydrogens is 230 g/mol. The molecule has 0 saturated carbocycles. The van der Waals surface area contributed by atoms with Gasteiger partial charge in [0.15, 0.2) is 0 Å². The van der Waals surface area contributed by atoms with Crippen molar-refractivity contribution in [3.05, 3.63) is 34.9 Å². The van der Waals surface area contributed by atoms with Gasteiger partial charge in [0.1, 0.15) is 5.60 Å². The Hall–Kier alpha value is -1.39. The maximum atomic E-state index is 11.9. The van der Waals surface area contributed by atoms with Crippen LogP contribution in [0.3, 0.4) is 0 Å². The molecule has 1 atom stereocenters. The van der Waals surface area contributed by atoms with E-state index in [2.05, 4.69) is 0 Å². The van der Waals surface area contributed by atoms with Crippen LogP contribution in [0.1, 0.15) is 48.3 Å². The van der Waals surface area contributed by atoms with Crippen molar-refractivity contribution in [1.29, 1.82) is 0 Å². The molecular formula is C14H19NO3. The minimum absolute atomic E-state index is 0.110. The van der Waals surface area contributed by atoms with Gasteiger partial charge in [-0.3, -0.25) is 0 Å². The Morgan fingerprint density at radius 2 is 2.17 bits per heavy atom. The monoisotopic (exact) mass is 249 g/mol. The van der Waals surface area contributed by atoms with Crippen LogP contribution < -0.4 is 5.73 Å². The second-order valence-corrected chi connectivity index (χ2v) is 5.54. The van der Waals surface area contributed by atoms with Gasteiger partial charge in [0.25, 0.3) is 0 Å². The van der Waals surface area contributed by atoms with Gasteiger partial charge in [0, 0.05) is 0 Å². The number of rotatable bonds is 1. The van der Waals surface area contributed by atoms with Crippen molar-refractivity contribution in [1.82, 2.24) is 0 Å². The molecule has 0 amide bonds. The fourth-order valence-corrected chi connectivity index (χ4v) is 1.94. The van der Waals surface area contributed by atoms with E-state index in [0.717, 1.165) is 11.1 Å². The second-order valence-electron chi connectivity index (χ2n) is 5.54. The van der Waals surface area contributed by atoms with Gasteiger partial charge in [-0.2, -0.15) is 0 Å². The summed E-state index contributed by atoms with van der Waals surface area (Å²) in [6, 6.07) is 5.35. The summed E-state index contributed by atoms with van der Waals surface area (Å²) in [6.45, 7) is 6.57. The first-order valence-corrected chi connectivity index (χ1v) is 6.06. The molecule has 2 N–H and O–H groups in total. The van der Waals surface area contributed by atoms with Crippen LogP contribution in [0.25, 0.3) is 0 Å². The van der Waals surface area contributed by atoms with Crippen molar-refractivity contribution in [2.24, 2.45) is 5.73 Å². The largest absolute Gasteiger partial charge is 0.456 e. The number of esters is 1. The number of carbonyl (C=O) groups excluding carboxylic acids is 1. The molecule has 2 rings (SSSR count). The van der Waals surface area contributed by atoms with E-state index in [9.17, 15) is 4.79 Å². The molecule has 4 nitrogen and oxygen atoms in total. The van der Waals surface area contributed by atoms with Gasteiger partial charge in [-0.15, -0.1) is 0 Å². The predicted molar refractivity (Wildman–Crippen MR) is 68.2 cm³/mol. The average molecular weight is 249 g/mol. The average Bonchev–Trinajstić information content (AvgIpc) is 2.26. The zero-order chi connectivity index (χ0) is 13.3. The van der Waals surface area contributed by atoms with E-state index in [1.807, 2.05) is 32.9 Å². The lowest BCUT2D eigenvalue weighted by molar-refractivity contribution is 0.00689. The number of carbonyl (C=O) groups is 1. The van der Waals surface area contributed by atoms with Crippen molar-refractivity contribution in [3.63, 3.8) is 0 Å². The second kappa shape index (κ2) is 4.71. The first-order chi connectivity index (χ1) is 8.37. The van der Waals surface area contributed by atoms with Crippen molar-refractivity contribution >= 4 is 5.97 Å². The van der Waals surface area contributed by atoms with Crippen LogP contribution >= 0.6 is 0 Å². The molecule has 0 fully saturated rings. The van der Waals surface area contributed by atoms with Crippen LogP contribution in [-0.4, -0.2) is 18.2 Å². The van der Waals surface area contributed by atoms with Crippen LogP contribution in [-0.2, 0) is 16.1 Å². The van der Waals surface area contributed by atoms with E-state index in [0.29, 0.717) is 18.8 Å². The Kier molecular flexibility index (Phi) is 3.41. The summed E-state index contributed by atoms with van der Waals surface area (Å²) in [6.07, 6.45) is 0. The summed E-state index contributed by atoms with van der Waals surface area (Å²) >= 11 is 0. The highest BCUT2D eigenvalue weighted by Crippen LogP contribution is 2.24. The number of nitrogens with two attached hydrogens (primary N) is 1. The summed E-state index contributed by atoms with van der Waals surface area (Å²) in [5, 5.41) is 0. The topological polar surface area (TPSA) is 61.5 Å². The third-order valence-electron chi connectivity index (χ3n) is 2.73. The highest BCUT2D eigenvalue weighted by molar-refractivity contribution is 5.90. The number of hydrogen-bond acceptors (Lipinski definition) is 4. The highest BCUT2D eigenvalue weighted by Gasteiger charge is 2.21. The molecule has 1 heterocycles. The first kappa shape index (κ1) is 13.1. The molecule has 0 unspecified atom stereocenters. The van der Waals surface area contributed by atoms with Crippen LogP contribution in [0, 0.1) is 0 Å². The summed E-state index contributed by atoms with van der Waals surface area (Å²) < 4.78 is 10.7. The van der Waals surface area contributed by atoms with E-state index in [1.54, 1.807) is 6.07 Å². The Morgan fingerprint density at radius 1 is 1.44 bits per heavy atom. The molecule has 0 saturated heterocycles. The summed E-state index contributed by atoms with van der Waals surface area (Å²) in [5.74, 6) is -0.315. The van der Waals surface area contributed by atoms with Gasteiger partial charge in [0.05, 0.1) is 24.8 Å². The van der Waals surface area contributed by atoms with Crippen molar-refractivity contribution in [2.75, 3.05) is 6.61 Å². The Balaban J connectivity index is 2.23. The maximum Gasteiger partial charge on any atom is 0.338 e. The van der Waals surface area contributed by atoms with Gasteiger partial charge in [0.2, 0.25) is 0 Å². The maximum absolute atomic E-state index is 11.9. The molecule has 1 aromatic rings. The normalized spacial score (nSPS) is 19.2. The lowest BCUT2D eigenvalue weighted by atomic mass is 9.97. The lowest BCUT2D eigenvalue weighted by Gasteiger charge is -2.24. The Bertz CT molecular complexity index is 463. The van der Waals surface area contributed by atoms with Crippen molar-refractivity contribution in [2.45, 2.75) is 39.0 Å². The summed E-state index contributed by atoms with van der Waals surface area (Å²) in [4.78, 5) is 11.9. The van der Waals surface area contributed by atoms with Crippen LogP contribution in [0.4, 0.5) is 0 Å². The SMILES string of the molecule is CC(C)(C)OC(=O)c1ccc2c(c1)COC[C@@H]2N. The van der Waals surface area contributed by atoms with Crippen LogP contribution in [0.5, 0.6) is 0 Å². The molecule has 0 radical (unpaired) electrons. The molecule has 4 heteroatoms. The summed E-state index contributed by atoms with van der Waals surface area (Å²) in [7, 11) is 0. The predicted octanol–water partition coefficient (Wildman–Crippen LogP) is 2.17. The molecule has 18 heavy (non-hydrogen) atoms. The zero-order valence-electron chi connectivity index (χ0n) is 11.0. The van der Waals surface area contributed by atoms with Crippen molar-refractivity contribution < 1.29 is 14.3 Å². The quantitative estimate of drug-likeness (QED) is 0.775. The lowest BCUT2D eigenvalue weighted by Crippen LogP contribution is -2.26. The van der Waals surface area contributed by atoms with Crippen LogP contribution in [0.2, 0.25) is 0 Å². The standard InChI is InChI=1S/C14H19NO3/c1-14(2,3)18-13(16)9-4-5-11-10(6-9)7-17-8-12(11)15/h4-6,12H,7-8,15H2,1-3H3/t12-/m0/s1. The minimum Gasteiger partial charge on any atom is -0.456 e. The smallest absolute Gasteiger partial charge is 0.338 e. The van der Waals surface area contributed by atoms with E-state index in [1.165, 1.54) is 0 Å². The number of fused-ring (bicyclic) bond motifs is 1. The minimum atomic E-state index is -0.486. The van der Waals surface area contributed by atoms with Gasteiger partial charge < -0.3 is 15.2 Å². The van der Waals surface area contributed by atoms with Gasteiger partial charge in [-0.1, -0.05) is 6.07 Å². The van der Waals surface area contributed by atoms with Gasteiger partial charge in [-0.25, -0.2) is 4.79 Å². The molecule has 0 aromatic heterocycles. The molecule has 0 bridgehead atoms. The third-order valence-corrected chi connectivity index (χ3v) is 2.73. The molecule has 1 aromatic carbocycles. The first-order valence-electron chi connectivity index (χ1n) is 6.06. The molecule has 1 aliphatic rings. The fraction of sp³-hybridized carbons (Fsp3) is 0.500. The number of benzene rings is 1. The Labute approximate surface area is 107 Å². The van der Waals surface area contributed by atoms with E-state index in [-0.39, 0.29) is 12.0 Å². The number of ether oxygens (including phenoxy) is 2. The molecule has 1 aliphatic heterocycles. The Morgan fingerprint density at radius 3 is 2.83 bits per heavy atom. The molecule has 98 valence electrons. The summed E-state index contributed by atoms with van der Waals surface area (Å²) in [5.41, 5.74) is 8.01. The van der Waals surface area contributed by atoms with Crippen molar-refractivity contribution in [3.8, 4) is 0 Å². The fourth-order valence-electron chi connectivity index (χ4n) is 1.94. The van der Waals surface area contributed by atoms with E-state index < -0.39 is 5.60 Å². The zero-order valence-corrected chi connectivity index (χ0v) is 11.0. The van der Waals surface area contributed by atoms with Gasteiger partial charge in [-0.05, 0) is 44.0 Å².